The minimum atomic E-state index is -1.08. The SMILES string of the molecule is CC(=O)O[C@@H]1CCC[C@H](C=O)[C@H]1[N+](=O)[O-]. The van der Waals surface area contributed by atoms with E-state index in [1.165, 1.54) is 6.92 Å². The van der Waals surface area contributed by atoms with Gasteiger partial charge in [-0.25, -0.2) is 0 Å². The third kappa shape index (κ3) is 2.74. The average molecular weight is 215 g/mol. The van der Waals surface area contributed by atoms with Gasteiger partial charge in [-0.3, -0.25) is 14.9 Å². The molecule has 0 heterocycles. The Kier molecular flexibility index (Phi) is 3.76. The smallest absolute Gasteiger partial charge is 0.303 e. The third-order valence-electron chi connectivity index (χ3n) is 2.58. The fraction of sp³-hybridized carbons (Fsp3) is 0.778. The van der Waals surface area contributed by atoms with Crippen LogP contribution in [-0.4, -0.2) is 29.3 Å². The molecule has 6 nitrogen and oxygen atoms in total. The van der Waals surface area contributed by atoms with E-state index < -0.39 is 29.0 Å². The second-order valence-corrected chi connectivity index (χ2v) is 3.65. The number of rotatable bonds is 3. The number of carbonyl (C=O) groups is 2. The molecule has 0 saturated heterocycles. The Bertz CT molecular complexity index is 278. The Morgan fingerprint density at radius 1 is 1.53 bits per heavy atom. The van der Waals surface area contributed by atoms with Gasteiger partial charge < -0.3 is 9.53 Å². The summed E-state index contributed by atoms with van der Waals surface area (Å²) in [5.41, 5.74) is 0. The molecular formula is C9H13NO5. The van der Waals surface area contributed by atoms with Crippen molar-refractivity contribution in [2.75, 3.05) is 0 Å². The zero-order chi connectivity index (χ0) is 11.4. The Labute approximate surface area is 86.7 Å². The number of hydrogen-bond acceptors (Lipinski definition) is 5. The molecule has 6 heteroatoms. The van der Waals surface area contributed by atoms with Gasteiger partial charge in [0.05, 0.1) is 5.92 Å². The first-order valence-electron chi connectivity index (χ1n) is 4.82. The van der Waals surface area contributed by atoms with Crippen LogP contribution in [0, 0.1) is 16.0 Å². The molecular weight excluding hydrogens is 202 g/mol. The molecule has 3 atom stereocenters. The van der Waals surface area contributed by atoms with Crippen molar-refractivity contribution < 1.29 is 19.2 Å². The summed E-state index contributed by atoms with van der Waals surface area (Å²) in [7, 11) is 0. The summed E-state index contributed by atoms with van der Waals surface area (Å²) < 4.78 is 4.86. The van der Waals surface area contributed by atoms with Crippen LogP contribution < -0.4 is 0 Å². The zero-order valence-corrected chi connectivity index (χ0v) is 8.42. The number of ether oxygens (including phenoxy) is 1. The molecule has 0 unspecified atom stereocenters. The molecule has 0 radical (unpaired) electrons. The maximum Gasteiger partial charge on any atom is 0.303 e. The van der Waals surface area contributed by atoms with Crippen molar-refractivity contribution in [1.29, 1.82) is 0 Å². The molecule has 1 rings (SSSR count). The molecule has 0 N–H and O–H groups in total. The molecule has 1 aliphatic carbocycles. The molecule has 15 heavy (non-hydrogen) atoms. The Balaban J connectivity index is 2.78. The predicted molar refractivity (Wildman–Crippen MR) is 49.7 cm³/mol. The molecule has 1 fully saturated rings. The van der Waals surface area contributed by atoms with Gasteiger partial charge in [0, 0.05) is 11.8 Å². The summed E-state index contributed by atoms with van der Waals surface area (Å²) in [6, 6.07) is -1.08. The van der Waals surface area contributed by atoms with Gasteiger partial charge in [-0.2, -0.15) is 0 Å². The van der Waals surface area contributed by atoms with E-state index in [9.17, 15) is 19.7 Å². The van der Waals surface area contributed by atoms with Gasteiger partial charge in [0.1, 0.15) is 6.29 Å². The van der Waals surface area contributed by atoms with Crippen LogP contribution in [0.15, 0.2) is 0 Å². The van der Waals surface area contributed by atoms with Crippen LogP contribution in [0.2, 0.25) is 0 Å². The van der Waals surface area contributed by atoms with Crippen molar-refractivity contribution in [2.45, 2.75) is 38.3 Å². The molecule has 1 aliphatic rings. The number of carbonyl (C=O) groups excluding carboxylic acids is 2. The van der Waals surface area contributed by atoms with E-state index in [4.69, 9.17) is 4.74 Å². The topological polar surface area (TPSA) is 86.5 Å². The normalized spacial score (nSPS) is 30.6. The molecule has 0 amide bonds. The van der Waals surface area contributed by atoms with Crippen molar-refractivity contribution in [3.63, 3.8) is 0 Å². The van der Waals surface area contributed by atoms with E-state index in [1.807, 2.05) is 0 Å². The summed E-state index contributed by atoms with van der Waals surface area (Å²) in [4.78, 5) is 31.7. The second-order valence-electron chi connectivity index (χ2n) is 3.65. The van der Waals surface area contributed by atoms with E-state index in [1.54, 1.807) is 0 Å². The van der Waals surface area contributed by atoms with Crippen molar-refractivity contribution in [1.82, 2.24) is 0 Å². The molecule has 0 aliphatic heterocycles. The number of hydrogen-bond donors (Lipinski definition) is 0. The summed E-state index contributed by atoms with van der Waals surface area (Å²) in [6.45, 7) is 1.21. The number of nitro groups is 1. The predicted octanol–water partition coefficient (Wildman–Crippen LogP) is 0.562. The lowest BCUT2D eigenvalue weighted by Crippen LogP contribution is -2.46. The van der Waals surface area contributed by atoms with Crippen LogP contribution in [0.25, 0.3) is 0 Å². The largest absolute Gasteiger partial charge is 0.455 e. The van der Waals surface area contributed by atoms with Crippen molar-refractivity contribution in [3.8, 4) is 0 Å². The summed E-state index contributed by atoms with van der Waals surface area (Å²) in [5, 5.41) is 10.8. The molecule has 1 saturated carbocycles. The molecule has 0 aromatic carbocycles. The van der Waals surface area contributed by atoms with Crippen LogP contribution >= 0.6 is 0 Å². The highest BCUT2D eigenvalue weighted by Gasteiger charge is 2.43. The standard InChI is InChI=1S/C9H13NO5/c1-6(12)15-8-4-2-3-7(5-11)9(8)10(13)14/h5,7-9H,2-4H2,1H3/t7-,8-,9-/m1/s1. The Hall–Kier alpha value is -1.46. The fourth-order valence-electron chi connectivity index (χ4n) is 1.95. The Morgan fingerprint density at radius 2 is 2.20 bits per heavy atom. The second kappa shape index (κ2) is 4.86. The maximum absolute atomic E-state index is 10.8. The van der Waals surface area contributed by atoms with Gasteiger partial charge in [0.25, 0.3) is 6.04 Å². The Morgan fingerprint density at radius 3 is 2.67 bits per heavy atom. The van der Waals surface area contributed by atoms with Gasteiger partial charge in [-0.1, -0.05) is 0 Å². The van der Waals surface area contributed by atoms with E-state index >= 15 is 0 Å². The van der Waals surface area contributed by atoms with Crippen molar-refractivity contribution in [2.24, 2.45) is 5.92 Å². The quantitative estimate of drug-likeness (QED) is 0.297. The van der Waals surface area contributed by atoms with Crippen LogP contribution in [0.1, 0.15) is 26.2 Å². The number of nitrogens with zero attached hydrogens (tertiary/aromatic N) is 1. The monoisotopic (exact) mass is 215 g/mol. The van der Waals surface area contributed by atoms with Crippen LogP contribution in [0.5, 0.6) is 0 Å². The van der Waals surface area contributed by atoms with Crippen LogP contribution in [0.3, 0.4) is 0 Å². The molecule has 0 aromatic rings. The van der Waals surface area contributed by atoms with E-state index in [0.29, 0.717) is 25.5 Å². The molecule has 0 aromatic heterocycles. The lowest BCUT2D eigenvalue weighted by atomic mass is 9.83. The van der Waals surface area contributed by atoms with E-state index in [2.05, 4.69) is 0 Å². The van der Waals surface area contributed by atoms with Gasteiger partial charge in [0.2, 0.25) is 0 Å². The first-order chi connectivity index (χ1) is 7.06. The first kappa shape index (κ1) is 11.6. The molecule has 84 valence electrons. The highest BCUT2D eigenvalue weighted by Crippen LogP contribution is 2.27. The maximum atomic E-state index is 10.8. The van der Waals surface area contributed by atoms with E-state index in [-0.39, 0.29) is 0 Å². The zero-order valence-electron chi connectivity index (χ0n) is 8.42. The first-order valence-corrected chi connectivity index (χ1v) is 4.82. The third-order valence-corrected chi connectivity index (χ3v) is 2.58. The van der Waals surface area contributed by atoms with Crippen LogP contribution in [-0.2, 0) is 14.3 Å². The molecule has 0 spiro atoms. The number of esters is 1. The number of aldehydes is 1. The van der Waals surface area contributed by atoms with Crippen molar-refractivity contribution >= 4 is 12.3 Å². The van der Waals surface area contributed by atoms with Gasteiger partial charge in [-0.15, -0.1) is 0 Å². The average Bonchev–Trinajstić information content (AvgIpc) is 2.15. The van der Waals surface area contributed by atoms with E-state index in [0.717, 1.165) is 0 Å². The summed E-state index contributed by atoms with van der Waals surface area (Å²) in [6.07, 6.45) is 1.44. The van der Waals surface area contributed by atoms with Crippen molar-refractivity contribution in [3.05, 3.63) is 10.1 Å². The van der Waals surface area contributed by atoms with Crippen LogP contribution in [0.4, 0.5) is 0 Å². The van der Waals surface area contributed by atoms with Gasteiger partial charge in [0.15, 0.2) is 6.10 Å². The van der Waals surface area contributed by atoms with Gasteiger partial charge >= 0.3 is 5.97 Å². The summed E-state index contributed by atoms with van der Waals surface area (Å²) >= 11 is 0. The highest BCUT2D eigenvalue weighted by atomic mass is 16.6. The fourth-order valence-corrected chi connectivity index (χ4v) is 1.95. The molecule has 0 bridgehead atoms. The minimum absolute atomic E-state index is 0.454. The van der Waals surface area contributed by atoms with Gasteiger partial charge in [-0.05, 0) is 19.3 Å². The minimum Gasteiger partial charge on any atom is -0.455 e. The lowest BCUT2D eigenvalue weighted by Gasteiger charge is -2.28. The lowest BCUT2D eigenvalue weighted by molar-refractivity contribution is -0.543. The highest BCUT2D eigenvalue weighted by molar-refractivity contribution is 5.66. The summed E-state index contributed by atoms with van der Waals surface area (Å²) in [5.74, 6) is -1.18.